The summed E-state index contributed by atoms with van der Waals surface area (Å²) in [4.78, 5) is 25.4. The highest BCUT2D eigenvalue weighted by atomic mass is 16.1. The molecule has 0 aromatic rings. The molecule has 4 aliphatic carbocycles. The summed E-state index contributed by atoms with van der Waals surface area (Å²) in [7, 11) is 0. The number of rotatable bonds is 1. The van der Waals surface area contributed by atoms with Crippen molar-refractivity contribution in [2.24, 2.45) is 40.4 Å². The Kier molecular flexibility index (Phi) is 3.56. The molecule has 0 unspecified atom stereocenters. The molecule has 0 aromatic heterocycles. The summed E-state index contributed by atoms with van der Waals surface area (Å²) in [6.07, 6.45) is 10.7. The third-order valence-corrected chi connectivity index (χ3v) is 8.76. The minimum absolute atomic E-state index is 0.0397. The van der Waals surface area contributed by atoms with Gasteiger partial charge in [-0.2, -0.15) is 0 Å². The zero-order valence-corrected chi connectivity index (χ0v) is 15.1. The molecular formula is C21H32O2. The van der Waals surface area contributed by atoms with Gasteiger partial charge in [0.05, 0.1) is 0 Å². The molecule has 0 saturated heterocycles. The van der Waals surface area contributed by atoms with Gasteiger partial charge in [-0.25, -0.2) is 0 Å². The molecule has 0 bridgehead atoms. The van der Waals surface area contributed by atoms with Crippen LogP contribution in [0.4, 0.5) is 0 Å². The lowest BCUT2D eigenvalue weighted by molar-refractivity contribution is -0.158. The van der Waals surface area contributed by atoms with Gasteiger partial charge in [-0.3, -0.25) is 9.59 Å². The number of Topliss-reactive ketones (excluding diaryl/α,β-unsaturated/α-hetero) is 2. The lowest BCUT2D eigenvalue weighted by Gasteiger charge is -2.59. The van der Waals surface area contributed by atoms with Crippen LogP contribution in [0.3, 0.4) is 0 Å². The van der Waals surface area contributed by atoms with Crippen LogP contribution in [-0.4, -0.2) is 11.6 Å². The van der Waals surface area contributed by atoms with Crippen molar-refractivity contribution in [2.75, 3.05) is 0 Å². The maximum absolute atomic E-state index is 13.3. The van der Waals surface area contributed by atoms with E-state index in [0.717, 1.165) is 12.3 Å². The van der Waals surface area contributed by atoms with Crippen LogP contribution < -0.4 is 0 Å². The number of fused-ring (bicyclic) bond motifs is 5. The van der Waals surface area contributed by atoms with Gasteiger partial charge in [0.1, 0.15) is 11.6 Å². The van der Waals surface area contributed by atoms with E-state index in [1.54, 1.807) is 6.92 Å². The molecule has 2 heteroatoms. The van der Waals surface area contributed by atoms with Gasteiger partial charge in [-0.1, -0.05) is 26.7 Å². The fourth-order valence-corrected chi connectivity index (χ4v) is 7.78. The van der Waals surface area contributed by atoms with Crippen molar-refractivity contribution in [1.82, 2.24) is 0 Å². The second-order valence-electron chi connectivity index (χ2n) is 9.66. The number of ketones is 2. The molecule has 4 saturated carbocycles. The fourth-order valence-electron chi connectivity index (χ4n) is 7.78. The van der Waals surface area contributed by atoms with Crippen molar-refractivity contribution in [1.29, 1.82) is 0 Å². The summed E-state index contributed by atoms with van der Waals surface area (Å²) in [5.41, 5.74) is 0.218. The normalized spacial score (nSPS) is 52.5. The standard InChI is InChI=1S/C21H32O2/c1-13(22)16-9-10-17-15-8-7-14-6-4-5-11-20(14,2)19(15)18(23)12-21(16,17)3/h14-17,19H,4-12H2,1-3H3/t14-,15+,16-,17-,19-,20+,21-/m1/s1. The quantitative estimate of drug-likeness (QED) is 0.696. The molecule has 4 aliphatic rings. The van der Waals surface area contributed by atoms with E-state index in [4.69, 9.17) is 0 Å². The highest BCUT2D eigenvalue weighted by molar-refractivity contribution is 5.87. The maximum Gasteiger partial charge on any atom is 0.137 e. The van der Waals surface area contributed by atoms with Crippen LogP contribution in [0.5, 0.6) is 0 Å². The summed E-state index contributed by atoms with van der Waals surface area (Å²) in [5, 5.41) is 0. The highest BCUT2D eigenvalue weighted by Crippen LogP contribution is 2.66. The average molecular weight is 316 g/mol. The molecule has 4 fully saturated rings. The van der Waals surface area contributed by atoms with E-state index in [-0.39, 0.29) is 16.7 Å². The van der Waals surface area contributed by atoms with Crippen LogP contribution in [0.2, 0.25) is 0 Å². The van der Waals surface area contributed by atoms with Crippen molar-refractivity contribution < 1.29 is 9.59 Å². The van der Waals surface area contributed by atoms with Crippen molar-refractivity contribution in [3.63, 3.8) is 0 Å². The van der Waals surface area contributed by atoms with Crippen LogP contribution in [0, 0.1) is 40.4 Å². The number of hydrogen-bond acceptors (Lipinski definition) is 2. The minimum Gasteiger partial charge on any atom is -0.300 e. The molecule has 7 atom stereocenters. The monoisotopic (exact) mass is 316 g/mol. The van der Waals surface area contributed by atoms with Crippen LogP contribution in [-0.2, 0) is 9.59 Å². The van der Waals surface area contributed by atoms with Gasteiger partial charge in [0.15, 0.2) is 0 Å². The van der Waals surface area contributed by atoms with E-state index in [1.807, 2.05) is 0 Å². The molecule has 23 heavy (non-hydrogen) atoms. The Morgan fingerprint density at radius 2 is 1.78 bits per heavy atom. The Hall–Kier alpha value is -0.660. The van der Waals surface area contributed by atoms with Gasteiger partial charge in [-0.15, -0.1) is 0 Å². The predicted molar refractivity (Wildman–Crippen MR) is 90.9 cm³/mol. The number of hydrogen-bond donors (Lipinski definition) is 0. The molecule has 0 aromatic carbocycles. The Labute approximate surface area is 140 Å². The fraction of sp³-hybridized carbons (Fsp3) is 0.905. The minimum atomic E-state index is -0.0397. The van der Waals surface area contributed by atoms with Gasteiger partial charge < -0.3 is 0 Å². The summed E-state index contributed by atoms with van der Waals surface area (Å²) in [5.74, 6) is 3.20. The SMILES string of the molecule is CC(=O)[C@H]1CC[C@@H]2[C@@H]3CC[C@H]4CCCC[C@]4(C)[C@H]3C(=O)C[C@]12C. The molecule has 0 N–H and O–H groups in total. The van der Waals surface area contributed by atoms with Gasteiger partial charge >= 0.3 is 0 Å². The lowest BCUT2D eigenvalue weighted by atomic mass is 9.44. The van der Waals surface area contributed by atoms with Crippen LogP contribution in [0.1, 0.15) is 78.6 Å². The third kappa shape index (κ3) is 2.05. The first kappa shape index (κ1) is 15.8. The molecule has 128 valence electrons. The maximum atomic E-state index is 13.3. The van der Waals surface area contributed by atoms with Gasteiger partial charge in [0.2, 0.25) is 0 Å². The van der Waals surface area contributed by atoms with Crippen molar-refractivity contribution >= 4 is 11.6 Å². The van der Waals surface area contributed by atoms with Gasteiger partial charge in [0.25, 0.3) is 0 Å². The highest BCUT2D eigenvalue weighted by Gasteiger charge is 2.63. The predicted octanol–water partition coefficient (Wildman–Crippen LogP) is 4.80. The molecule has 0 radical (unpaired) electrons. The Morgan fingerprint density at radius 3 is 2.52 bits per heavy atom. The summed E-state index contributed by atoms with van der Waals surface area (Å²) in [6, 6.07) is 0. The third-order valence-electron chi connectivity index (χ3n) is 8.76. The topological polar surface area (TPSA) is 34.1 Å². The molecular weight excluding hydrogens is 284 g/mol. The second kappa shape index (κ2) is 5.17. The number of carbonyl (C=O) groups excluding carboxylic acids is 2. The summed E-state index contributed by atoms with van der Waals surface area (Å²) >= 11 is 0. The Bertz CT molecular complexity index is 538. The van der Waals surface area contributed by atoms with Crippen molar-refractivity contribution in [3.05, 3.63) is 0 Å². The molecule has 0 spiro atoms. The smallest absolute Gasteiger partial charge is 0.137 e. The van der Waals surface area contributed by atoms with Crippen LogP contribution >= 0.6 is 0 Å². The molecule has 0 aliphatic heterocycles. The summed E-state index contributed by atoms with van der Waals surface area (Å²) in [6.45, 7) is 6.44. The second-order valence-corrected chi connectivity index (χ2v) is 9.66. The summed E-state index contributed by atoms with van der Waals surface area (Å²) < 4.78 is 0. The van der Waals surface area contributed by atoms with E-state index in [0.29, 0.717) is 35.7 Å². The van der Waals surface area contributed by atoms with Crippen molar-refractivity contribution in [2.45, 2.75) is 78.6 Å². The molecule has 0 heterocycles. The van der Waals surface area contributed by atoms with E-state index in [1.165, 1.54) is 44.9 Å². The van der Waals surface area contributed by atoms with E-state index >= 15 is 0 Å². The molecule has 4 rings (SSSR count). The van der Waals surface area contributed by atoms with Gasteiger partial charge in [-0.05, 0) is 74.0 Å². The first-order chi connectivity index (χ1) is 10.9. The lowest BCUT2D eigenvalue weighted by Crippen LogP contribution is -2.57. The largest absolute Gasteiger partial charge is 0.300 e. The molecule has 0 amide bonds. The van der Waals surface area contributed by atoms with Crippen molar-refractivity contribution in [3.8, 4) is 0 Å². The van der Waals surface area contributed by atoms with E-state index in [9.17, 15) is 9.59 Å². The first-order valence-electron chi connectivity index (χ1n) is 9.91. The Balaban J connectivity index is 1.70. The Morgan fingerprint density at radius 1 is 1.00 bits per heavy atom. The molecule has 2 nitrogen and oxygen atoms in total. The van der Waals surface area contributed by atoms with E-state index < -0.39 is 0 Å². The van der Waals surface area contributed by atoms with Gasteiger partial charge in [0, 0.05) is 18.3 Å². The first-order valence-corrected chi connectivity index (χ1v) is 9.91. The number of carbonyl (C=O) groups is 2. The van der Waals surface area contributed by atoms with Crippen LogP contribution in [0.25, 0.3) is 0 Å². The van der Waals surface area contributed by atoms with E-state index in [2.05, 4.69) is 13.8 Å². The van der Waals surface area contributed by atoms with Crippen LogP contribution in [0.15, 0.2) is 0 Å². The zero-order valence-electron chi connectivity index (χ0n) is 15.1. The zero-order chi connectivity index (χ0) is 16.4. The average Bonchev–Trinajstić information content (AvgIpc) is 2.82.